The maximum absolute atomic E-state index is 2.32. The van der Waals surface area contributed by atoms with Crippen molar-refractivity contribution in [3.63, 3.8) is 0 Å². The van der Waals surface area contributed by atoms with Crippen LogP contribution >= 0.6 is 0 Å². The van der Waals surface area contributed by atoms with Crippen molar-refractivity contribution < 1.29 is 0 Å². The summed E-state index contributed by atoms with van der Waals surface area (Å²) in [5, 5.41) is 0. The first-order valence-corrected chi connectivity index (χ1v) is 9.27. The second kappa shape index (κ2) is 7.27. The molecular formula is C25H28. The van der Waals surface area contributed by atoms with Gasteiger partial charge < -0.3 is 0 Å². The van der Waals surface area contributed by atoms with Gasteiger partial charge in [-0.05, 0) is 66.1 Å². The van der Waals surface area contributed by atoms with Crippen LogP contribution in [0.1, 0.15) is 53.1 Å². The lowest BCUT2D eigenvalue weighted by molar-refractivity contribution is 0.901. The fraction of sp³-hybridized carbons (Fsp3) is 0.280. The first kappa shape index (κ1) is 17.5. The topological polar surface area (TPSA) is 0 Å². The fourth-order valence-electron chi connectivity index (χ4n) is 3.64. The van der Waals surface area contributed by atoms with Gasteiger partial charge in [-0.15, -0.1) is 0 Å². The van der Waals surface area contributed by atoms with Crippen LogP contribution in [-0.2, 0) is 6.42 Å². The largest absolute Gasteiger partial charge is 0.0613 e. The zero-order chi connectivity index (χ0) is 18.0. The van der Waals surface area contributed by atoms with Crippen LogP contribution in [0, 0.1) is 20.8 Å². The van der Waals surface area contributed by atoms with E-state index in [0.717, 1.165) is 6.42 Å². The fourth-order valence-corrected chi connectivity index (χ4v) is 3.64. The van der Waals surface area contributed by atoms with Crippen LogP contribution in [0.2, 0.25) is 0 Å². The number of hydrogen-bond acceptors (Lipinski definition) is 0. The molecule has 0 aliphatic carbocycles. The molecule has 128 valence electrons. The molecular weight excluding hydrogens is 300 g/mol. The van der Waals surface area contributed by atoms with Crippen molar-refractivity contribution in [1.29, 1.82) is 0 Å². The summed E-state index contributed by atoms with van der Waals surface area (Å²) in [6.45, 7) is 11.2. The Balaban J connectivity index is 1.89. The number of rotatable bonds is 4. The van der Waals surface area contributed by atoms with E-state index in [9.17, 15) is 0 Å². The molecule has 3 aromatic rings. The van der Waals surface area contributed by atoms with E-state index < -0.39 is 0 Å². The van der Waals surface area contributed by atoms with Crippen molar-refractivity contribution in [2.45, 2.75) is 47.0 Å². The summed E-state index contributed by atoms with van der Waals surface area (Å²) in [5.74, 6) is 0.414. The van der Waals surface area contributed by atoms with E-state index in [1.165, 1.54) is 44.5 Å². The highest BCUT2D eigenvalue weighted by Gasteiger charge is 2.13. The predicted octanol–water partition coefficient (Wildman–Crippen LogP) is 6.99. The van der Waals surface area contributed by atoms with Gasteiger partial charge in [0.25, 0.3) is 0 Å². The zero-order valence-electron chi connectivity index (χ0n) is 16.1. The van der Waals surface area contributed by atoms with Gasteiger partial charge in [-0.25, -0.2) is 0 Å². The Morgan fingerprint density at radius 2 is 1.24 bits per heavy atom. The Morgan fingerprint density at radius 3 is 1.80 bits per heavy atom. The molecule has 0 nitrogen and oxygen atoms in total. The van der Waals surface area contributed by atoms with Crippen LogP contribution in [-0.4, -0.2) is 0 Å². The van der Waals surface area contributed by atoms with E-state index in [0.29, 0.717) is 5.92 Å². The Bertz CT molecular complexity index is 852. The minimum Gasteiger partial charge on any atom is -0.0613 e. The summed E-state index contributed by atoms with van der Waals surface area (Å²) in [6, 6.07) is 22.4. The summed E-state index contributed by atoms with van der Waals surface area (Å²) in [5.41, 5.74) is 11.0. The molecule has 0 N–H and O–H groups in total. The monoisotopic (exact) mass is 328 g/mol. The minimum atomic E-state index is 0.414. The number of hydrogen-bond donors (Lipinski definition) is 0. The molecule has 0 radical (unpaired) electrons. The van der Waals surface area contributed by atoms with E-state index >= 15 is 0 Å². The second-order valence-electron chi connectivity index (χ2n) is 7.13. The number of aryl methyl sites for hydroxylation is 2. The molecule has 0 fully saturated rings. The average molecular weight is 328 g/mol. The van der Waals surface area contributed by atoms with Gasteiger partial charge in [0.05, 0.1) is 0 Å². The molecule has 0 heteroatoms. The van der Waals surface area contributed by atoms with Crippen molar-refractivity contribution >= 4 is 0 Å². The van der Waals surface area contributed by atoms with E-state index in [2.05, 4.69) is 95.3 Å². The van der Waals surface area contributed by atoms with Gasteiger partial charge in [0.1, 0.15) is 0 Å². The lowest BCUT2D eigenvalue weighted by Crippen LogP contribution is -2.02. The molecule has 0 heterocycles. The SMILES string of the molecule is CCc1ccc([C@@H](C)c2ccc(-c3ccc(C)cc3)cc2)c(C)c1C. The summed E-state index contributed by atoms with van der Waals surface area (Å²) in [7, 11) is 0. The van der Waals surface area contributed by atoms with Gasteiger partial charge in [-0.2, -0.15) is 0 Å². The molecule has 0 unspecified atom stereocenters. The quantitative estimate of drug-likeness (QED) is 0.484. The maximum Gasteiger partial charge on any atom is 0.00637 e. The van der Waals surface area contributed by atoms with Gasteiger partial charge in [-0.1, -0.05) is 80.1 Å². The highest BCUT2D eigenvalue weighted by atomic mass is 14.2. The van der Waals surface area contributed by atoms with Gasteiger partial charge in [-0.3, -0.25) is 0 Å². The third kappa shape index (κ3) is 3.54. The van der Waals surface area contributed by atoms with Crippen molar-refractivity contribution in [2.24, 2.45) is 0 Å². The van der Waals surface area contributed by atoms with Crippen molar-refractivity contribution in [1.82, 2.24) is 0 Å². The molecule has 1 atom stereocenters. The molecule has 0 aliphatic rings. The predicted molar refractivity (Wildman–Crippen MR) is 109 cm³/mol. The van der Waals surface area contributed by atoms with E-state index in [1.54, 1.807) is 0 Å². The lowest BCUT2D eigenvalue weighted by atomic mass is 9.86. The maximum atomic E-state index is 2.32. The smallest absolute Gasteiger partial charge is 0.00637 e. The third-order valence-electron chi connectivity index (χ3n) is 5.58. The van der Waals surface area contributed by atoms with Gasteiger partial charge in [0.2, 0.25) is 0 Å². The Kier molecular flexibility index (Phi) is 5.08. The molecule has 0 saturated carbocycles. The Labute approximate surface area is 152 Å². The standard InChI is InChI=1S/C25H28/c1-6-21-15-16-25(19(4)18(21)3)20(5)22-11-13-24(14-12-22)23-9-7-17(2)8-10-23/h7-16,20H,6H2,1-5H3/t20-/m0/s1. The highest BCUT2D eigenvalue weighted by Crippen LogP contribution is 2.31. The summed E-state index contributed by atoms with van der Waals surface area (Å²) >= 11 is 0. The highest BCUT2D eigenvalue weighted by molar-refractivity contribution is 5.64. The molecule has 3 rings (SSSR count). The molecule has 0 bridgehead atoms. The van der Waals surface area contributed by atoms with E-state index in [1.807, 2.05) is 0 Å². The van der Waals surface area contributed by atoms with Crippen LogP contribution in [0.3, 0.4) is 0 Å². The normalized spacial score (nSPS) is 12.2. The molecule has 0 spiro atoms. The molecule has 0 amide bonds. The van der Waals surface area contributed by atoms with Crippen LogP contribution in [0.4, 0.5) is 0 Å². The van der Waals surface area contributed by atoms with Crippen molar-refractivity contribution in [2.75, 3.05) is 0 Å². The third-order valence-corrected chi connectivity index (χ3v) is 5.58. The Hall–Kier alpha value is -2.34. The van der Waals surface area contributed by atoms with Crippen LogP contribution in [0.5, 0.6) is 0 Å². The van der Waals surface area contributed by atoms with Gasteiger partial charge in [0, 0.05) is 5.92 Å². The van der Waals surface area contributed by atoms with Crippen LogP contribution < -0.4 is 0 Å². The summed E-state index contributed by atoms with van der Waals surface area (Å²) in [6.07, 6.45) is 1.10. The van der Waals surface area contributed by atoms with Crippen molar-refractivity contribution in [3.8, 4) is 11.1 Å². The second-order valence-corrected chi connectivity index (χ2v) is 7.13. The van der Waals surface area contributed by atoms with Gasteiger partial charge >= 0.3 is 0 Å². The van der Waals surface area contributed by atoms with Gasteiger partial charge in [0.15, 0.2) is 0 Å². The lowest BCUT2D eigenvalue weighted by Gasteiger charge is -2.19. The minimum absolute atomic E-state index is 0.414. The Morgan fingerprint density at radius 1 is 0.680 bits per heavy atom. The summed E-state index contributed by atoms with van der Waals surface area (Å²) in [4.78, 5) is 0. The van der Waals surface area contributed by atoms with E-state index in [-0.39, 0.29) is 0 Å². The number of benzene rings is 3. The molecule has 0 aromatic heterocycles. The van der Waals surface area contributed by atoms with Crippen molar-refractivity contribution in [3.05, 3.63) is 94.0 Å². The van der Waals surface area contributed by atoms with Crippen LogP contribution in [0.15, 0.2) is 60.7 Å². The average Bonchev–Trinajstić information content (AvgIpc) is 2.64. The molecule has 25 heavy (non-hydrogen) atoms. The zero-order valence-corrected chi connectivity index (χ0v) is 16.1. The van der Waals surface area contributed by atoms with Crippen LogP contribution in [0.25, 0.3) is 11.1 Å². The molecule has 0 aliphatic heterocycles. The molecule has 0 saturated heterocycles. The first-order chi connectivity index (χ1) is 12.0. The molecule has 3 aromatic carbocycles. The summed E-state index contributed by atoms with van der Waals surface area (Å²) < 4.78 is 0. The first-order valence-electron chi connectivity index (χ1n) is 9.27. The van der Waals surface area contributed by atoms with E-state index in [4.69, 9.17) is 0 Å².